The lowest BCUT2D eigenvalue weighted by Crippen LogP contribution is -2.29. The van der Waals surface area contributed by atoms with E-state index in [0.29, 0.717) is 6.54 Å². The fraction of sp³-hybridized carbons (Fsp3) is 0.526. The highest BCUT2D eigenvalue weighted by Gasteiger charge is 2.02. The minimum Gasteiger partial charge on any atom is -0.338 e. The van der Waals surface area contributed by atoms with E-state index < -0.39 is 0 Å². The second-order valence-electron chi connectivity index (χ2n) is 5.93. The molecule has 0 fully saturated rings. The Hall–Kier alpha value is -1.81. The van der Waals surface area contributed by atoms with Gasteiger partial charge in [-0.2, -0.15) is 0 Å². The first-order chi connectivity index (χ1) is 11.2. The van der Waals surface area contributed by atoms with Gasteiger partial charge in [0.1, 0.15) is 0 Å². The predicted molar refractivity (Wildman–Crippen MR) is 98.7 cm³/mol. The van der Waals surface area contributed by atoms with Crippen molar-refractivity contribution in [2.24, 2.45) is 5.73 Å². The average Bonchev–Trinajstić information content (AvgIpc) is 2.56. The van der Waals surface area contributed by atoms with Crippen LogP contribution in [0.5, 0.6) is 0 Å². The lowest BCUT2D eigenvalue weighted by molar-refractivity contribution is 0.252. The number of amides is 2. The molecule has 4 nitrogen and oxygen atoms in total. The number of nitrogens with two attached hydrogens (primary N) is 1. The first kappa shape index (κ1) is 19.2. The van der Waals surface area contributed by atoms with Crippen molar-refractivity contribution in [2.75, 3.05) is 11.9 Å². The summed E-state index contributed by atoms with van der Waals surface area (Å²) in [5.74, 6) is 0. The molecule has 0 aliphatic carbocycles. The Morgan fingerprint density at radius 1 is 1.22 bits per heavy atom. The molecule has 1 atom stereocenters. The zero-order valence-electron chi connectivity index (χ0n) is 14.3. The molecule has 0 aromatic heterocycles. The molecule has 0 saturated heterocycles. The third-order valence-electron chi connectivity index (χ3n) is 3.83. The number of urea groups is 1. The van der Waals surface area contributed by atoms with Gasteiger partial charge in [0, 0.05) is 18.3 Å². The Morgan fingerprint density at radius 3 is 2.61 bits per heavy atom. The van der Waals surface area contributed by atoms with Gasteiger partial charge < -0.3 is 16.4 Å². The van der Waals surface area contributed by atoms with Crippen LogP contribution in [0.3, 0.4) is 0 Å². The van der Waals surface area contributed by atoms with E-state index in [2.05, 4.69) is 36.3 Å². The van der Waals surface area contributed by atoms with Gasteiger partial charge in [0.15, 0.2) is 0 Å². The van der Waals surface area contributed by atoms with Gasteiger partial charge in [-0.1, -0.05) is 38.0 Å². The summed E-state index contributed by atoms with van der Waals surface area (Å²) in [4.78, 5) is 11.8. The molecule has 1 aromatic carbocycles. The number of nitrogens with one attached hydrogen (secondary N) is 2. The van der Waals surface area contributed by atoms with E-state index in [-0.39, 0.29) is 12.1 Å². The van der Waals surface area contributed by atoms with Crippen LogP contribution in [0.4, 0.5) is 10.5 Å². The number of aryl methyl sites for hydroxylation is 1. The average molecular weight is 317 g/mol. The van der Waals surface area contributed by atoms with Crippen molar-refractivity contribution >= 4 is 11.7 Å². The van der Waals surface area contributed by atoms with Crippen LogP contribution in [0.1, 0.15) is 51.0 Å². The van der Waals surface area contributed by atoms with E-state index in [9.17, 15) is 4.79 Å². The summed E-state index contributed by atoms with van der Waals surface area (Å²) in [5.41, 5.74) is 7.90. The van der Waals surface area contributed by atoms with Crippen molar-refractivity contribution < 1.29 is 4.79 Å². The summed E-state index contributed by atoms with van der Waals surface area (Å²) in [7, 11) is 0. The largest absolute Gasteiger partial charge is 0.338 e. The molecule has 0 spiro atoms. The molecule has 0 aliphatic rings. The molecule has 23 heavy (non-hydrogen) atoms. The van der Waals surface area contributed by atoms with Crippen LogP contribution in [0, 0.1) is 0 Å². The number of unbranched alkanes of at least 4 members (excludes halogenated alkanes) is 3. The van der Waals surface area contributed by atoms with Crippen molar-refractivity contribution in [3.63, 3.8) is 0 Å². The van der Waals surface area contributed by atoms with Crippen molar-refractivity contribution in [3.8, 4) is 0 Å². The predicted octanol–water partition coefficient (Wildman–Crippen LogP) is 4.22. The second kappa shape index (κ2) is 11.7. The molecular weight excluding hydrogens is 286 g/mol. The third kappa shape index (κ3) is 9.04. The summed E-state index contributed by atoms with van der Waals surface area (Å²) in [6.45, 7) is 6.52. The molecule has 0 aliphatic heterocycles. The molecule has 4 heteroatoms. The first-order valence-electron chi connectivity index (χ1n) is 8.67. The zero-order valence-corrected chi connectivity index (χ0v) is 14.3. The Kier molecular flexibility index (Phi) is 9.80. The number of carbonyl (C=O) groups excluding carboxylic acids is 1. The number of anilines is 1. The highest BCUT2D eigenvalue weighted by molar-refractivity contribution is 5.89. The fourth-order valence-corrected chi connectivity index (χ4v) is 2.33. The lowest BCUT2D eigenvalue weighted by Gasteiger charge is -2.09. The lowest BCUT2D eigenvalue weighted by atomic mass is 10.1. The van der Waals surface area contributed by atoms with E-state index in [4.69, 9.17) is 5.73 Å². The molecule has 4 N–H and O–H groups in total. The van der Waals surface area contributed by atoms with Gasteiger partial charge in [-0.25, -0.2) is 4.79 Å². The number of rotatable bonds is 11. The Labute approximate surface area is 140 Å². The first-order valence-corrected chi connectivity index (χ1v) is 8.67. The molecule has 0 radical (unpaired) electrons. The Bertz CT molecular complexity index is 456. The summed E-state index contributed by atoms with van der Waals surface area (Å²) in [6, 6.07) is 7.99. The van der Waals surface area contributed by atoms with Crippen molar-refractivity contribution in [2.45, 2.75) is 57.9 Å². The Balaban J connectivity index is 2.19. The summed E-state index contributed by atoms with van der Waals surface area (Å²) in [6.07, 6.45) is 9.40. The number of carbonyl (C=O) groups is 1. The van der Waals surface area contributed by atoms with Gasteiger partial charge in [-0.05, 0) is 49.8 Å². The standard InChI is InChI=1S/C19H31N3O/c1-3-5-6-9-16-11-13-18(14-12-16)22-19(23)21-15-8-7-10-17(20)4-2/h4,11-14,17H,2-3,5-10,15,20H2,1H3,(H2,21,22,23). The van der Waals surface area contributed by atoms with Crippen molar-refractivity contribution in [3.05, 3.63) is 42.5 Å². The number of hydrogen-bond donors (Lipinski definition) is 3. The smallest absolute Gasteiger partial charge is 0.319 e. The molecule has 0 bridgehead atoms. The summed E-state index contributed by atoms with van der Waals surface area (Å²) in [5, 5.41) is 5.72. The van der Waals surface area contributed by atoms with Gasteiger partial charge in [0.25, 0.3) is 0 Å². The van der Waals surface area contributed by atoms with Gasteiger partial charge in [0.05, 0.1) is 0 Å². The van der Waals surface area contributed by atoms with E-state index >= 15 is 0 Å². The molecule has 0 saturated carbocycles. The SMILES string of the molecule is C=CC(N)CCCCNC(=O)Nc1ccc(CCCCC)cc1. The van der Waals surface area contributed by atoms with Crippen LogP contribution in [0.2, 0.25) is 0 Å². The maximum atomic E-state index is 11.8. The molecule has 1 rings (SSSR count). The Morgan fingerprint density at radius 2 is 1.96 bits per heavy atom. The highest BCUT2D eigenvalue weighted by atomic mass is 16.2. The van der Waals surface area contributed by atoms with Crippen LogP contribution >= 0.6 is 0 Å². The molecule has 0 heterocycles. The third-order valence-corrected chi connectivity index (χ3v) is 3.83. The van der Waals surface area contributed by atoms with Crippen molar-refractivity contribution in [1.82, 2.24) is 5.32 Å². The van der Waals surface area contributed by atoms with Gasteiger partial charge >= 0.3 is 6.03 Å². The zero-order chi connectivity index (χ0) is 16.9. The van der Waals surface area contributed by atoms with E-state index in [1.165, 1.54) is 24.8 Å². The monoisotopic (exact) mass is 317 g/mol. The minimum atomic E-state index is -0.156. The molecule has 128 valence electrons. The fourth-order valence-electron chi connectivity index (χ4n) is 2.33. The second-order valence-corrected chi connectivity index (χ2v) is 5.93. The summed E-state index contributed by atoms with van der Waals surface area (Å²) < 4.78 is 0. The normalized spacial score (nSPS) is 11.7. The maximum Gasteiger partial charge on any atom is 0.319 e. The van der Waals surface area contributed by atoms with Crippen LogP contribution in [0.25, 0.3) is 0 Å². The van der Waals surface area contributed by atoms with Crippen LogP contribution in [0.15, 0.2) is 36.9 Å². The van der Waals surface area contributed by atoms with E-state index in [1.807, 2.05) is 12.1 Å². The molecule has 2 amide bonds. The highest BCUT2D eigenvalue weighted by Crippen LogP contribution is 2.12. The topological polar surface area (TPSA) is 67.1 Å². The van der Waals surface area contributed by atoms with Gasteiger partial charge in [-0.15, -0.1) is 6.58 Å². The molecule has 1 aromatic rings. The van der Waals surface area contributed by atoms with E-state index in [0.717, 1.165) is 31.4 Å². The van der Waals surface area contributed by atoms with Gasteiger partial charge in [-0.3, -0.25) is 0 Å². The number of hydrogen-bond acceptors (Lipinski definition) is 2. The van der Waals surface area contributed by atoms with Gasteiger partial charge in [0.2, 0.25) is 0 Å². The van der Waals surface area contributed by atoms with E-state index in [1.54, 1.807) is 6.08 Å². The summed E-state index contributed by atoms with van der Waals surface area (Å²) >= 11 is 0. The quantitative estimate of drug-likeness (QED) is 0.422. The van der Waals surface area contributed by atoms with Crippen LogP contribution in [-0.4, -0.2) is 18.6 Å². The van der Waals surface area contributed by atoms with Crippen LogP contribution < -0.4 is 16.4 Å². The molecule has 1 unspecified atom stereocenters. The minimum absolute atomic E-state index is 0.0552. The van der Waals surface area contributed by atoms with Crippen LogP contribution in [-0.2, 0) is 6.42 Å². The van der Waals surface area contributed by atoms with Crippen molar-refractivity contribution in [1.29, 1.82) is 0 Å². The maximum absolute atomic E-state index is 11.8. The molecular formula is C19H31N3O. The number of benzene rings is 1.